The molecule has 8 atom stereocenters. The zero-order chi connectivity index (χ0) is 42.9. The van der Waals surface area contributed by atoms with Gasteiger partial charge >= 0.3 is 19.8 Å². The maximum atomic E-state index is 12.8. The van der Waals surface area contributed by atoms with Crippen molar-refractivity contribution >= 4 is 19.8 Å². The van der Waals surface area contributed by atoms with Gasteiger partial charge in [-0.25, -0.2) is 4.57 Å². The number of esters is 2. The van der Waals surface area contributed by atoms with Crippen LogP contribution in [0.3, 0.4) is 0 Å². The molecule has 6 unspecified atom stereocenters. The average molecular weight is 843 g/mol. The zero-order valence-corrected chi connectivity index (χ0v) is 36.0. The van der Waals surface area contributed by atoms with Crippen molar-refractivity contribution in [3.63, 3.8) is 0 Å². The number of aliphatic hydroxyl groups excluding tert-OH is 5. The molecule has 1 aliphatic rings. The summed E-state index contributed by atoms with van der Waals surface area (Å²) in [7, 11) is -5.13. The number of unbranched alkanes of at least 4 members (excludes halogenated alkanes) is 15. The lowest BCUT2D eigenvalue weighted by Gasteiger charge is -2.41. The molecule has 334 valence electrons. The molecule has 58 heavy (non-hydrogen) atoms. The fourth-order valence-electron chi connectivity index (χ4n) is 6.17. The Kier molecular flexibility index (Phi) is 31.7. The molecular weight excluding hydrogens is 767 g/mol. The van der Waals surface area contributed by atoms with Crippen molar-refractivity contribution < 1.29 is 63.1 Å². The van der Waals surface area contributed by atoms with Crippen LogP contribution >= 0.6 is 7.82 Å². The van der Waals surface area contributed by atoms with Crippen LogP contribution in [0.5, 0.6) is 0 Å². The van der Waals surface area contributed by atoms with Crippen LogP contribution in [-0.4, -0.2) is 98.3 Å². The Morgan fingerprint density at radius 1 is 0.552 bits per heavy atom. The first kappa shape index (κ1) is 53.6. The molecule has 0 bridgehead atoms. The van der Waals surface area contributed by atoms with Gasteiger partial charge in [-0.1, -0.05) is 139 Å². The summed E-state index contributed by atoms with van der Waals surface area (Å²) in [6.45, 7) is 3.10. The van der Waals surface area contributed by atoms with Crippen LogP contribution in [-0.2, 0) is 32.7 Å². The van der Waals surface area contributed by atoms with Gasteiger partial charge in [-0.2, -0.15) is 0 Å². The van der Waals surface area contributed by atoms with Crippen LogP contribution in [0.2, 0.25) is 0 Å². The molecule has 13 nitrogen and oxygen atoms in total. The molecule has 0 saturated heterocycles. The molecule has 0 aromatic rings. The summed E-state index contributed by atoms with van der Waals surface area (Å²) >= 11 is 0. The predicted octanol–water partition coefficient (Wildman–Crippen LogP) is 7.77. The van der Waals surface area contributed by atoms with Crippen molar-refractivity contribution in [2.75, 3.05) is 13.2 Å². The Bertz CT molecular complexity index is 1250. The zero-order valence-electron chi connectivity index (χ0n) is 35.1. The van der Waals surface area contributed by atoms with Gasteiger partial charge in [-0.05, 0) is 57.8 Å². The highest BCUT2D eigenvalue weighted by Gasteiger charge is 2.51. The molecule has 0 aromatic heterocycles. The maximum Gasteiger partial charge on any atom is 0.472 e. The van der Waals surface area contributed by atoms with Crippen molar-refractivity contribution in [1.82, 2.24) is 0 Å². The predicted molar refractivity (Wildman–Crippen MR) is 226 cm³/mol. The number of phosphoric acid groups is 1. The lowest BCUT2D eigenvalue weighted by molar-refractivity contribution is -0.220. The number of hydrogen-bond acceptors (Lipinski definition) is 12. The third kappa shape index (κ3) is 26.6. The van der Waals surface area contributed by atoms with Crippen molar-refractivity contribution in [3.8, 4) is 0 Å². The van der Waals surface area contributed by atoms with E-state index in [2.05, 4.69) is 38.2 Å². The first-order valence-electron chi connectivity index (χ1n) is 21.6. The summed E-state index contributed by atoms with van der Waals surface area (Å²) in [5.74, 6) is -1.14. The number of carbonyl (C=O) groups excluding carboxylic acids is 2. The second-order valence-corrected chi connectivity index (χ2v) is 16.3. The summed E-state index contributed by atoms with van der Waals surface area (Å²) < 4.78 is 33.4. The van der Waals surface area contributed by atoms with E-state index >= 15 is 0 Å². The Balaban J connectivity index is 2.52. The van der Waals surface area contributed by atoms with Crippen molar-refractivity contribution in [2.24, 2.45) is 0 Å². The van der Waals surface area contributed by atoms with E-state index < -0.39 is 75.7 Å². The van der Waals surface area contributed by atoms with Gasteiger partial charge in [0.15, 0.2) is 6.10 Å². The molecule has 14 heteroatoms. The molecule has 0 heterocycles. The Labute approximate surface area is 347 Å². The molecule has 1 rings (SSSR count). The SMILES string of the molecule is CC/C=C/C=C/C=C/C=C/CCCCCCCC(=O)O[C@@H](COC(=O)CCCCCCC/C=C/CCCCCCC)COP(=O)(O)OC1C(O)C(O)C(O)[C@H](O)C1O. The van der Waals surface area contributed by atoms with E-state index in [1.165, 1.54) is 32.1 Å². The largest absolute Gasteiger partial charge is 0.472 e. The number of carbonyl (C=O) groups is 2. The standard InChI is InChI=1S/C44H75O13P/c1-3-5-7-9-11-13-15-17-19-21-23-25-27-29-31-33-38(46)56-36(35-55-58(52,53)57-44-42(50)40(48)39(47)41(49)43(44)51)34-54-37(45)32-30-28-26-24-22-20-18-16-14-12-10-8-6-4-2/h5,7,9,11,13,15-19,36,39-44,47-51H,3-4,6,8,10,12,14,20-35H2,1-2H3,(H,52,53)/b7-5+,11-9+,15-13+,18-16+,19-17+/t36-,39?,40-,41?,42?,43?,44?/m0/s1. The first-order chi connectivity index (χ1) is 27.9. The number of ether oxygens (including phenoxy) is 2. The smallest absolute Gasteiger partial charge is 0.462 e. The molecule has 0 amide bonds. The first-order valence-corrected chi connectivity index (χ1v) is 23.1. The normalized spacial score (nSPS) is 23.1. The van der Waals surface area contributed by atoms with Gasteiger partial charge in [0, 0.05) is 12.8 Å². The molecule has 0 aromatic carbocycles. The van der Waals surface area contributed by atoms with E-state index in [0.29, 0.717) is 12.8 Å². The summed E-state index contributed by atoms with van der Waals surface area (Å²) in [6, 6.07) is 0. The van der Waals surface area contributed by atoms with Gasteiger partial charge in [0.2, 0.25) is 0 Å². The van der Waals surface area contributed by atoms with Crippen LogP contribution in [0.1, 0.15) is 149 Å². The van der Waals surface area contributed by atoms with Gasteiger partial charge in [0.25, 0.3) is 0 Å². The van der Waals surface area contributed by atoms with Crippen molar-refractivity contribution in [2.45, 2.75) is 191 Å². The van der Waals surface area contributed by atoms with E-state index in [0.717, 1.165) is 77.0 Å². The van der Waals surface area contributed by atoms with Crippen LogP contribution in [0, 0.1) is 0 Å². The van der Waals surface area contributed by atoms with Crippen molar-refractivity contribution in [3.05, 3.63) is 60.8 Å². The topological polar surface area (TPSA) is 210 Å². The third-order valence-corrected chi connectivity index (χ3v) is 10.7. The highest BCUT2D eigenvalue weighted by molar-refractivity contribution is 7.47. The molecule has 1 saturated carbocycles. The molecule has 0 aliphatic heterocycles. The van der Waals surface area contributed by atoms with Crippen LogP contribution in [0.15, 0.2) is 60.8 Å². The minimum absolute atomic E-state index is 0.0663. The third-order valence-electron chi connectivity index (χ3n) is 9.69. The number of rotatable bonds is 34. The number of phosphoric ester groups is 1. The van der Waals surface area contributed by atoms with Crippen molar-refractivity contribution in [1.29, 1.82) is 0 Å². The van der Waals surface area contributed by atoms with Crippen LogP contribution in [0.4, 0.5) is 0 Å². The lowest BCUT2D eigenvalue weighted by atomic mass is 9.85. The highest BCUT2D eigenvalue weighted by Crippen LogP contribution is 2.47. The highest BCUT2D eigenvalue weighted by atomic mass is 31.2. The Hall–Kier alpha value is -2.45. The minimum atomic E-state index is -5.13. The summed E-state index contributed by atoms with van der Waals surface area (Å²) in [5.41, 5.74) is 0. The van der Waals surface area contributed by atoms with Crippen LogP contribution < -0.4 is 0 Å². The summed E-state index contributed by atoms with van der Waals surface area (Å²) in [4.78, 5) is 35.6. The molecule has 1 aliphatic carbocycles. The Morgan fingerprint density at radius 3 is 1.55 bits per heavy atom. The van der Waals surface area contributed by atoms with Gasteiger partial charge in [-0.15, -0.1) is 0 Å². The summed E-state index contributed by atoms with van der Waals surface area (Å²) in [6.07, 6.45) is 27.1. The average Bonchev–Trinajstić information content (AvgIpc) is 3.20. The quantitative estimate of drug-likeness (QED) is 0.0120. The van der Waals surface area contributed by atoms with E-state index in [1.54, 1.807) is 0 Å². The second kappa shape index (κ2) is 34.3. The monoisotopic (exact) mass is 842 g/mol. The van der Waals surface area contributed by atoms with Gasteiger partial charge < -0.3 is 39.9 Å². The fourth-order valence-corrected chi connectivity index (χ4v) is 7.15. The molecule has 1 fully saturated rings. The molecule has 0 spiro atoms. The maximum absolute atomic E-state index is 12.8. The van der Waals surface area contributed by atoms with Crippen LogP contribution in [0.25, 0.3) is 0 Å². The molecule has 6 N–H and O–H groups in total. The summed E-state index contributed by atoms with van der Waals surface area (Å²) in [5, 5.41) is 50.1. The Morgan fingerprint density at radius 2 is 1.00 bits per heavy atom. The van der Waals surface area contributed by atoms with Gasteiger partial charge in [0.05, 0.1) is 6.61 Å². The molecule has 0 radical (unpaired) electrons. The fraction of sp³-hybridized carbons (Fsp3) is 0.727. The number of aliphatic hydroxyl groups is 5. The minimum Gasteiger partial charge on any atom is -0.462 e. The molecular formula is C44H75O13P. The van der Waals surface area contributed by atoms with E-state index in [-0.39, 0.29) is 12.8 Å². The number of hydrogen-bond donors (Lipinski definition) is 6. The van der Waals surface area contributed by atoms with Gasteiger partial charge in [0.1, 0.15) is 43.2 Å². The van der Waals surface area contributed by atoms with E-state index in [4.69, 9.17) is 18.5 Å². The van der Waals surface area contributed by atoms with E-state index in [1.807, 2.05) is 36.5 Å². The van der Waals surface area contributed by atoms with E-state index in [9.17, 15) is 44.6 Å². The van der Waals surface area contributed by atoms with Gasteiger partial charge in [-0.3, -0.25) is 18.6 Å². The lowest BCUT2D eigenvalue weighted by Crippen LogP contribution is -2.64. The number of allylic oxidation sites excluding steroid dienone is 10. The second-order valence-electron chi connectivity index (χ2n) is 14.9.